The van der Waals surface area contributed by atoms with Crippen molar-refractivity contribution in [3.63, 3.8) is 0 Å². The molecule has 2 nitrogen and oxygen atoms in total. The minimum atomic E-state index is -1.58. The Morgan fingerprint density at radius 2 is 1.70 bits per heavy atom. The van der Waals surface area contributed by atoms with Crippen molar-refractivity contribution in [3.8, 4) is 0 Å². The highest BCUT2D eigenvalue weighted by Crippen LogP contribution is 2.29. The number of aliphatic hydroxyl groups is 1. The van der Waals surface area contributed by atoms with E-state index in [4.69, 9.17) is 4.74 Å². The summed E-state index contributed by atoms with van der Waals surface area (Å²) in [4.78, 5) is 0. The first-order valence-electron chi connectivity index (χ1n) is 6.09. The van der Waals surface area contributed by atoms with Crippen molar-refractivity contribution in [1.29, 1.82) is 0 Å². The van der Waals surface area contributed by atoms with Crippen LogP contribution in [0.25, 0.3) is 0 Å². The van der Waals surface area contributed by atoms with E-state index in [1.807, 2.05) is 0 Å². The normalized spacial score (nSPS) is 15.2. The summed E-state index contributed by atoms with van der Waals surface area (Å²) in [6.45, 7) is 0.932. The molecule has 5 heteroatoms. The molecule has 0 spiro atoms. The maximum atomic E-state index is 13.7. The highest BCUT2D eigenvalue weighted by atomic mass is 19.2. The molecule has 0 fully saturated rings. The Morgan fingerprint density at radius 1 is 0.950 bits per heavy atom. The summed E-state index contributed by atoms with van der Waals surface area (Å²) in [6, 6.07) is 6.93. The molecular formula is C15H11F3O2. The molecule has 2 aromatic carbocycles. The second kappa shape index (κ2) is 4.92. The van der Waals surface area contributed by atoms with E-state index >= 15 is 0 Å². The van der Waals surface area contributed by atoms with E-state index in [-0.39, 0.29) is 5.56 Å². The number of rotatable bonds is 2. The Labute approximate surface area is 113 Å². The van der Waals surface area contributed by atoms with Gasteiger partial charge in [0.25, 0.3) is 0 Å². The summed E-state index contributed by atoms with van der Waals surface area (Å²) in [5, 5.41) is 10.1. The Hall–Kier alpha value is -1.85. The third-order valence-electron chi connectivity index (χ3n) is 3.42. The van der Waals surface area contributed by atoms with Crippen molar-refractivity contribution >= 4 is 0 Å². The maximum absolute atomic E-state index is 13.7. The molecule has 104 valence electrons. The Kier molecular flexibility index (Phi) is 3.23. The summed E-state index contributed by atoms with van der Waals surface area (Å²) in [5.74, 6) is -4.22. The fraction of sp³-hybridized carbons (Fsp3) is 0.200. The third kappa shape index (κ3) is 2.09. The number of halogens is 3. The minimum Gasteiger partial charge on any atom is -0.384 e. The number of hydrogen-bond acceptors (Lipinski definition) is 2. The predicted molar refractivity (Wildman–Crippen MR) is 65.3 cm³/mol. The van der Waals surface area contributed by atoms with Crippen molar-refractivity contribution in [2.45, 2.75) is 19.3 Å². The second-order valence-electron chi connectivity index (χ2n) is 4.69. The van der Waals surface area contributed by atoms with Gasteiger partial charge in [0.15, 0.2) is 17.5 Å². The average Bonchev–Trinajstić information content (AvgIpc) is 2.91. The zero-order valence-electron chi connectivity index (χ0n) is 10.4. The molecule has 1 N–H and O–H groups in total. The van der Waals surface area contributed by atoms with E-state index in [2.05, 4.69) is 0 Å². The second-order valence-corrected chi connectivity index (χ2v) is 4.69. The van der Waals surface area contributed by atoms with Crippen LogP contribution in [0.4, 0.5) is 13.2 Å². The van der Waals surface area contributed by atoms with Crippen molar-refractivity contribution in [2.24, 2.45) is 0 Å². The predicted octanol–water partition coefficient (Wildman–Crippen LogP) is 3.22. The SMILES string of the molecule is OC(c1ccc2c(c1)COC2)c1ccc(F)c(F)c1F. The summed E-state index contributed by atoms with van der Waals surface area (Å²) in [5.41, 5.74) is 2.04. The fourth-order valence-corrected chi connectivity index (χ4v) is 2.29. The summed E-state index contributed by atoms with van der Waals surface area (Å²) < 4.78 is 45.0. The molecule has 20 heavy (non-hydrogen) atoms. The molecule has 2 aromatic rings. The fourth-order valence-electron chi connectivity index (χ4n) is 2.29. The van der Waals surface area contributed by atoms with Crippen LogP contribution in [0.5, 0.6) is 0 Å². The van der Waals surface area contributed by atoms with Gasteiger partial charge in [-0.25, -0.2) is 13.2 Å². The van der Waals surface area contributed by atoms with Gasteiger partial charge < -0.3 is 9.84 Å². The van der Waals surface area contributed by atoms with Crippen LogP contribution in [0.15, 0.2) is 30.3 Å². The lowest BCUT2D eigenvalue weighted by Crippen LogP contribution is -2.06. The van der Waals surface area contributed by atoms with Crippen LogP contribution in [0.1, 0.15) is 28.4 Å². The van der Waals surface area contributed by atoms with Crippen LogP contribution in [-0.2, 0) is 18.0 Å². The molecule has 0 saturated heterocycles. The van der Waals surface area contributed by atoms with Gasteiger partial charge in [-0.2, -0.15) is 0 Å². The molecule has 0 saturated carbocycles. The van der Waals surface area contributed by atoms with Crippen LogP contribution in [0.2, 0.25) is 0 Å². The number of aliphatic hydroxyl groups excluding tert-OH is 1. The van der Waals surface area contributed by atoms with Crippen LogP contribution in [-0.4, -0.2) is 5.11 Å². The molecule has 1 heterocycles. The Bertz CT molecular complexity index is 670. The van der Waals surface area contributed by atoms with Crippen LogP contribution in [0.3, 0.4) is 0 Å². The molecule has 0 bridgehead atoms. The van der Waals surface area contributed by atoms with Gasteiger partial charge in [-0.05, 0) is 22.8 Å². The number of benzene rings is 2. The molecule has 1 unspecified atom stereocenters. The largest absolute Gasteiger partial charge is 0.384 e. The van der Waals surface area contributed by atoms with Crippen molar-refractivity contribution in [2.75, 3.05) is 0 Å². The summed E-state index contributed by atoms with van der Waals surface area (Å²) in [6.07, 6.45) is -1.35. The van der Waals surface area contributed by atoms with Crippen LogP contribution < -0.4 is 0 Å². The van der Waals surface area contributed by atoms with E-state index in [1.54, 1.807) is 18.2 Å². The molecule has 0 aromatic heterocycles. The first-order chi connectivity index (χ1) is 9.58. The van der Waals surface area contributed by atoms with E-state index in [0.29, 0.717) is 18.8 Å². The highest BCUT2D eigenvalue weighted by Gasteiger charge is 2.22. The quantitative estimate of drug-likeness (QED) is 0.856. The van der Waals surface area contributed by atoms with Gasteiger partial charge in [0, 0.05) is 5.56 Å². The van der Waals surface area contributed by atoms with Crippen molar-refractivity contribution in [1.82, 2.24) is 0 Å². The van der Waals surface area contributed by atoms with Gasteiger partial charge in [0.05, 0.1) is 13.2 Å². The maximum Gasteiger partial charge on any atom is 0.194 e. The first-order valence-corrected chi connectivity index (χ1v) is 6.09. The number of fused-ring (bicyclic) bond motifs is 1. The lowest BCUT2D eigenvalue weighted by atomic mass is 9.97. The van der Waals surface area contributed by atoms with Gasteiger partial charge in [-0.15, -0.1) is 0 Å². The van der Waals surface area contributed by atoms with Crippen molar-refractivity contribution in [3.05, 3.63) is 70.0 Å². The molecule has 1 atom stereocenters. The van der Waals surface area contributed by atoms with Crippen molar-refractivity contribution < 1.29 is 23.0 Å². The average molecular weight is 280 g/mol. The molecule has 1 aliphatic heterocycles. The van der Waals surface area contributed by atoms with E-state index in [1.165, 1.54) is 0 Å². The molecule has 1 aliphatic rings. The van der Waals surface area contributed by atoms with E-state index < -0.39 is 23.6 Å². The van der Waals surface area contributed by atoms with Gasteiger partial charge in [0.2, 0.25) is 0 Å². The van der Waals surface area contributed by atoms with Gasteiger partial charge in [0.1, 0.15) is 6.10 Å². The highest BCUT2D eigenvalue weighted by molar-refractivity contribution is 5.38. The third-order valence-corrected chi connectivity index (χ3v) is 3.42. The molecule has 3 rings (SSSR count). The van der Waals surface area contributed by atoms with Gasteiger partial charge in [-0.1, -0.05) is 24.3 Å². The number of ether oxygens (including phenoxy) is 1. The van der Waals surface area contributed by atoms with Gasteiger partial charge >= 0.3 is 0 Å². The summed E-state index contributed by atoms with van der Waals surface area (Å²) in [7, 11) is 0. The zero-order valence-corrected chi connectivity index (χ0v) is 10.4. The number of hydrogen-bond donors (Lipinski definition) is 1. The monoisotopic (exact) mass is 280 g/mol. The van der Waals surface area contributed by atoms with Gasteiger partial charge in [-0.3, -0.25) is 0 Å². The standard InChI is InChI=1S/C15H11F3O2/c16-12-4-3-11(13(17)14(12)18)15(19)8-1-2-9-6-20-7-10(9)5-8/h1-5,15,19H,6-7H2. The first kappa shape index (κ1) is 13.1. The minimum absolute atomic E-state index is 0.289. The lowest BCUT2D eigenvalue weighted by Gasteiger charge is -2.14. The van der Waals surface area contributed by atoms with Crippen LogP contribution in [0, 0.1) is 17.5 Å². The lowest BCUT2D eigenvalue weighted by molar-refractivity contribution is 0.134. The smallest absolute Gasteiger partial charge is 0.194 e. The Morgan fingerprint density at radius 3 is 2.50 bits per heavy atom. The molecule has 0 amide bonds. The Balaban J connectivity index is 2.00. The van der Waals surface area contributed by atoms with E-state index in [9.17, 15) is 18.3 Å². The van der Waals surface area contributed by atoms with Crippen LogP contribution >= 0.6 is 0 Å². The topological polar surface area (TPSA) is 29.5 Å². The molecular weight excluding hydrogens is 269 g/mol. The van der Waals surface area contributed by atoms with E-state index in [0.717, 1.165) is 23.3 Å². The molecule has 0 radical (unpaired) electrons. The molecule has 0 aliphatic carbocycles. The zero-order chi connectivity index (χ0) is 14.3. The summed E-state index contributed by atoms with van der Waals surface area (Å²) >= 11 is 0.